The maximum Gasteiger partial charge on any atom is 0.178 e. The molecule has 5 nitrogen and oxygen atoms in total. The molecular formula is C11H15N5. The van der Waals surface area contributed by atoms with Crippen LogP contribution in [-0.4, -0.2) is 32.9 Å². The van der Waals surface area contributed by atoms with Gasteiger partial charge in [-0.15, -0.1) is 15.3 Å². The third-order valence-corrected chi connectivity index (χ3v) is 3.06. The molecule has 0 radical (unpaired) electrons. The summed E-state index contributed by atoms with van der Waals surface area (Å²) in [5, 5.41) is 12.8. The number of aryl methyl sites for hydroxylation is 1. The van der Waals surface area contributed by atoms with Gasteiger partial charge >= 0.3 is 0 Å². The molecule has 5 heteroatoms. The first-order valence-corrected chi connectivity index (χ1v) is 5.85. The van der Waals surface area contributed by atoms with Crippen molar-refractivity contribution < 1.29 is 0 Å². The van der Waals surface area contributed by atoms with Crippen molar-refractivity contribution in [1.82, 2.24) is 19.8 Å². The lowest BCUT2D eigenvalue weighted by Gasteiger charge is -2.15. The molecular weight excluding hydrogens is 202 g/mol. The lowest BCUT2D eigenvalue weighted by molar-refractivity contribution is 0.800. The van der Waals surface area contributed by atoms with Crippen LogP contribution in [0.5, 0.6) is 0 Å². The molecule has 1 fully saturated rings. The quantitative estimate of drug-likeness (QED) is 0.760. The van der Waals surface area contributed by atoms with Gasteiger partial charge in [0.1, 0.15) is 5.82 Å². The van der Waals surface area contributed by atoms with Crippen LogP contribution in [-0.2, 0) is 6.42 Å². The fourth-order valence-corrected chi connectivity index (χ4v) is 2.16. The van der Waals surface area contributed by atoms with Gasteiger partial charge in [-0.05, 0) is 25.0 Å². The second kappa shape index (κ2) is 3.73. The molecule has 2 aromatic rings. The van der Waals surface area contributed by atoms with Gasteiger partial charge in [0.05, 0.1) is 0 Å². The summed E-state index contributed by atoms with van der Waals surface area (Å²) < 4.78 is 1.85. The Morgan fingerprint density at radius 1 is 1.19 bits per heavy atom. The summed E-state index contributed by atoms with van der Waals surface area (Å²) >= 11 is 0. The lowest BCUT2D eigenvalue weighted by atomic mass is 10.4. The average molecular weight is 217 g/mol. The highest BCUT2D eigenvalue weighted by atomic mass is 15.4. The Kier molecular flexibility index (Phi) is 2.23. The Bertz CT molecular complexity index is 498. The minimum Gasteiger partial charge on any atom is -0.355 e. The first kappa shape index (κ1) is 9.57. The Morgan fingerprint density at radius 2 is 2.00 bits per heavy atom. The fourth-order valence-electron chi connectivity index (χ4n) is 2.16. The molecule has 3 heterocycles. The highest BCUT2D eigenvalue weighted by molar-refractivity contribution is 5.46. The van der Waals surface area contributed by atoms with Crippen LogP contribution in [0.2, 0.25) is 0 Å². The summed E-state index contributed by atoms with van der Waals surface area (Å²) in [6.45, 7) is 4.30. The molecule has 1 aliphatic heterocycles. The van der Waals surface area contributed by atoms with E-state index in [1.165, 1.54) is 12.8 Å². The predicted octanol–water partition coefficient (Wildman–Crippen LogP) is 1.29. The maximum absolute atomic E-state index is 4.61. The molecule has 0 aromatic carbocycles. The van der Waals surface area contributed by atoms with Gasteiger partial charge in [0, 0.05) is 19.5 Å². The molecule has 0 unspecified atom stereocenters. The van der Waals surface area contributed by atoms with Crippen LogP contribution < -0.4 is 4.90 Å². The molecule has 0 saturated carbocycles. The van der Waals surface area contributed by atoms with Crippen LogP contribution >= 0.6 is 0 Å². The molecule has 0 spiro atoms. The van der Waals surface area contributed by atoms with E-state index in [0.717, 1.165) is 36.8 Å². The zero-order valence-electron chi connectivity index (χ0n) is 9.43. The molecule has 0 N–H and O–H groups in total. The largest absolute Gasteiger partial charge is 0.355 e. The summed E-state index contributed by atoms with van der Waals surface area (Å²) in [4.78, 5) is 2.32. The fraction of sp³-hybridized carbons (Fsp3) is 0.545. The third-order valence-electron chi connectivity index (χ3n) is 3.06. The van der Waals surface area contributed by atoms with Gasteiger partial charge in [0.25, 0.3) is 0 Å². The summed E-state index contributed by atoms with van der Waals surface area (Å²) in [6, 6.07) is 4.03. The van der Waals surface area contributed by atoms with Gasteiger partial charge in [-0.25, -0.2) is 0 Å². The van der Waals surface area contributed by atoms with E-state index in [4.69, 9.17) is 0 Å². The topological polar surface area (TPSA) is 46.3 Å². The monoisotopic (exact) mass is 217 g/mol. The first-order chi connectivity index (χ1) is 7.88. The normalized spacial score (nSPS) is 16.2. The van der Waals surface area contributed by atoms with Crippen molar-refractivity contribution in [3.8, 4) is 0 Å². The Labute approximate surface area is 94.1 Å². The van der Waals surface area contributed by atoms with Gasteiger partial charge in [0.2, 0.25) is 0 Å². The van der Waals surface area contributed by atoms with E-state index in [1.54, 1.807) is 0 Å². The molecule has 2 aromatic heterocycles. The van der Waals surface area contributed by atoms with Crippen molar-refractivity contribution in [3.05, 3.63) is 18.0 Å². The lowest BCUT2D eigenvalue weighted by Crippen LogP contribution is -2.20. The van der Waals surface area contributed by atoms with Crippen LogP contribution in [0.3, 0.4) is 0 Å². The van der Waals surface area contributed by atoms with Crippen LogP contribution in [0.1, 0.15) is 25.6 Å². The van der Waals surface area contributed by atoms with Crippen LogP contribution in [0.15, 0.2) is 12.1 Å². The van der Waals surface area contributed by atoms with Crippen molar-refractivity contribution in [3.63, 3.8) is 0 Å². The maximum atomic E-state index is 4.61. The number of hydrogen-bond acceptors (Lipinski definition) is 4. The number of anilines is 1. The van der Waals surface area contributed by atoms with Crippen LogP contribution in [0.4, 0.5) is 5.82 Å². The van der Waals surface area contributed by atoms with E-state index < -0.39 is 0 Å². The minimum absolute atomic E-state index is 0.833. The van der Waals surface area contributed by atoms with Gasteiger partial charge in [-0.1, -0.05) is 6.92 Å². The van der Waals surface area contributed by atoms with Gasteiger partial charge in [-0.2, -0.15) is 4.52 Å². The molecule has 3 rings (SSSR count). The van der Waals surface area contributed by atoms with Crippen molar-refractivity contribution >= 4 is 11.5 Å². The zero-order chi connectivity index (χ0) is 11.0. The number of hydrogen-bond donors (Lipinski definition) is 0. The molecule has 0 aliphatic carbocycles. The first-order valence-electron chi connectivity index (χ1n) is 5.85. The highest BCUT2D eigenvalue weighted by Gasteiger charge is 2.15. The SMILES string of the molecule is CCc1nnc2ccc(N3CCCC3)nn12. The predicted molar refractivity (Wildman–Crippen MR) is 61.6 cm³/mol. The van der Waals surface area contributed by atoms with Crippen LogP contribution in [0, 0.1) is 0 Å². The van der Waals surface area contributed by atoms with E-state index in [0.29, 0.717) is 0 Å². The summed E-state index contributed by atoms with van der Waals surface area (Å²) in [6.07, 6.45) is 3.39. The van der Waals surface area contributed by atoms with E-state index in [-0.39, 0.29) is 0 Å². The third kappa shape index (κ3) is 1.43. The Morgan fingerprint density at radius 3 is 2.75 bits per heavy atom. The number of fused-ring (bicyclic) bond motifs is 1. The zero-order valence-corrected chi connectivity index (χ0v) is 9.43. The molecule has 0 bridgehead atoms. The average Bonchev–Trinajstić information content (AvgIpc) is 2.97. The smallest absolute Gasteiger partial charge is 0.178 e. The Balaban J connectivity index is 2.06. The minimum atomic E-state index is 0.833. The molecule has 1 aliphatic rings. The second-order valence-electron chi connectivity index (χ2n) is 4.13. The van der Waals surface area contributed by atoms with E-state index >= 15 is 0 Å². The van der Waals surface area contributed by atoms with Crippen molar-refractivity contribution in [2.24, 2.45) is 0 Å². The van der Waals surface area contributed by atoms with Gasteiger partial charge in [-0.3, -0.25) is 0 Å². The Hall–Kier alpha value is -1.65. The van der Waals surface area contributed by atoms with Crippen LogP contribution in [0.25, 0.3) is 5.65 Å². The number of rotatable bonds is 2. The molecule has 84 valence electrons. The van der Waals surface area contributed by atoms with Gasteiger partial charge < -0.3 is 4.90 Å². The summed E-state index contributed by atoms with van der Waals surface area (Å²) in [5.74, 6) is 1.97. The van der Waals surface area contributed by atoms with E-state index in [2.05, 4.69) is 27.1 Å². The molecule has 0 atom stereocenters. The second-order valence-corrected chi connectivity index (χ2v) is 4.13. The van der Waals surface area contributed by atoms with E-state index in [1.807, 2.05) is 16.6 Å². The van der Waals surface area contributed by atoms with Crippen molar-refractivity contribution in [1.29, 1.82) is 0 Å². The van der Waals surface area contributed by atoms with Gasteiger partial charge in [0.15, 0.2) is 11.5 Å². The highest BCUT2D eigenvalue weighted by Crippen LogP contribution is 2.17. The van der Waals surface area contributed by atoms with E-state index in [9.17, 15) is 0 Å². The van der Waals surface area contributed by atoms with Crippen molar-refractivity contribution in [2.45, 2.75) is 26.2 Å². The molecule has 0 amide bonds. The summed E-state index contributed by atoms with van der Waals surface area (Å²) in [7, 11) is 0. The summed E-state index contributed by atoms with van der Waals surface area (Å²) in [5.41, 5.74) is 0.833. The number of nitrogens with zero attached hydrogens (tertiary/aromatic N) is 5. The molecule has 16 heavy (non-hydrogen) atoms. The standard InChI is InChI=1S/C11H15N5/c1-2-9-12-13-10-5-6-11(14-16(9)10)15-7-3-4-8-15/h5-6H,2-4,7-8H2,1H3. The molecule has 1 saturated heterocycles. The van der Waals surface area contributed by atoms with Crippen molar-refractivity contribution in [2.75, 3.05) is 18.0 Å². The number of aromatic nitrogens is 4.